The number of carbonyl (C=O) groups excluding carboxylic acids is 1. The summed E-state index contributed by atoms with van der Waals surface area (Å²) in [4.78, 5) is 25.1. The maximum atomic E-state index is 12.6. The van der Waals surface area contributed by atoms with E-state index in [9.17, 15) is 9.59 Å². The standard InChI is InChI=1S/C18H16N2O3/c1-20-11-13(17(21)12-7-3-5-9-15(12)20)18(22)19-14-8-4-6-10-16(14)23-2/h3-11H,1-2H3,(H,19,22). The van der Waals surface area contributed by atoms with Crippen LogP contribution in [0.1, 0.15) is 10.4 Å². The van der Waals surface area contributed by atoms with Crippen molar-refractivity contribution in [1.29, 1.82) is 0 Å². The third-order valence-electron chi connectivity index (χ3n) is 3.70. The number of para-hydroxylation sites is 3. The Labute approximate surface area is 133 Å². The van der Waals surface area contributed by atoms with Gasteiger partial charge in [-0.3, -0.25) is 9.59 Å². The van der Waals surface area contributed by atoms with Crippen LogP contribution < -0.4 is 15.5 Å². The number of anilines is 1. The maximum absolute atomic E-state index is 12.6. The topological polar surface area (TPSA) is 60.3 Å². The van der Waals surface area contributed by atoms with Gasteiger partial charge in [0.05, 0.1) is 18.3 Å². The van der Waals surface area contributed by atoms with Crippen molar-refractivity contribution in [3.63, 3.8) is 0 Å². The number of nitrogens with one attached hydrogen (secondary N) is 1. The van der Waals surface area contributed by atoms with Crippen LogP contribution in [0.5, 0.6) is 5.75 Å². The molecule has 3 aromatic rings. The second-order valence-electron chi connectivity index (χ2n) is 5.15. The number of hydrogen-bond acceptors (Lipinski definition) is 3. The van der Waals surface area contributed by atoms with Crippen LogP contribution in [0.2, 0.25) is 0 Å². The SMILES string of the molecule is COc1ccccc1NC(=O)c1cn(C)c2ccccc2c1=O. The number of amides is 1. The molecule has 0 unspecified atom stereocenters. The number of benzene rings is 2. The summed E-state index contributed by atoms with van der Waals surface area (Å²) < 4.78 is 6.98. The highest BCUT2D eigenvalue weighted by atomic mass is 16.5. The van der Waals surface area contributed by atoms with Crippen LogP contribution in [-0.4, -0.2) is 17.6 Å². The summed E-state index contributed by atoms with van der Waals surface area (Å²) in [5, 5.41) is 3.25. The molecule has 5 nitrogen and oxygen atoms in total. The third-order valence-corrected chi connectivity index (χ3v) is 3.70. The molecule has 0 fully saturated rings. The first kappa shape index (κ1) is 14.8. The highest BCUT2D eigenvalue weighted by Gasteiger charge is 2.15. The Morgan fingerprint density at radius 3 is 2.57 bits per heavy atom. The van der Waals surface area contributed by atoms with Gasteiger partial charge in [0.1, 0.15) is 11.3 Å². The van der Waals surface area contributed by atoms with Gasteiger partial charge in [0.15, 0.2) is 0 Å². The Morgan fingerprint density at radius 1 is 1.09 bits per heavy atom. The lowest BCUT2D eigenvalue weighted by Crippen LogP contribution is -2.23. The van der Waals surface area contributed by atoms with E-state index < -0.39 is 5.91 Å². The van der Waals surface area contributed by atoms with E-state index in [1.165, 1.54) is 7.11 Å². The minimum absolute atomic E-state index is 0.0945. The van der Waals surface area contributed by atoms with Crippen LogP contribution in [0.3, 0.4) is 0 Å². The van der Waals surface area contributed by atoms with Gasteiger partial charge in [-0.05, 0) is 24.3 Å². The maximum Gasteiger partial charge on any atom is 0.261 e. The molecule has 5 heteroatoms. The van der Waals surface area contributed by atoms with Crippen molar-refractivity contribution < 1.29 is 9.53 Å². The first-order valence-electron chi connectivity index (χ1n) is 7.14. The smallest absolute Gasteiger partial charge is 0.261 e. The summed E-state index contributed by atoms with van der Waals surface area (Å²) in [6.07, 6.45) is 1.55. The zero-order valence-corrected chi connectivity index (χ0v) is 12.9. The number of aromatic nitrogens is 1. The lowest BCUT2D eigenvalue weighted by Gasteiger charge is -2.11. The molecular weight excluding hydrogens is 292 g/mol. The summed E-state index contributed by atoms with van der Waals surface area (Å²) in [5.41, 5.74) is 1.12. The Balaban J connectivity index is 2.05. The van der Waals surface area contributed by atoms with Gasteiger partial charge in [-0.15, -0.1) is 0 Å². The third kappa shape index (κ3) is 2.68. The van der Waals surface area contributed by atoms with Gasteiger partial charge in [-0.25, -0.2) is 0 Å². The van der Waals surface area contributed by atoms with Crippen molar-refractivity contribution in [2.75, 3.05) is 12.4 Å². The fraction of sp³-hybridized carbons (Fsp3) is 0.111. The number of aryl methyl sites for hydroxylation is 1. The molecule has 0 bridgehead atoms. The lowest BCUT2D eigenvalue weighted by atomic mass is 10.1. The van der Waals surface area contributed by atoms with E-state index in [-0.39, 0.29) is 11.0 Å². The number of pyridine rings is 1. The molecule has 0 spiro atoms. The summed E-state index contributed by atoms with van der Waals surface area (Å²) in [6, 6.07) is 14.3. The fourth-order valence-electron chi connectivity index (χ4n) is 2.54. The number of hydrogen-bond donors (Lipinski definition) is 1. The molecular formula is C18H16N2O3. The normalized spacial score (nSPS) is 10.5. The summed E-state index contributed by atoms with van der Waals surface area (Å²) >= 11 is 0. The predicted octanol–water partition coefficient (Wildman–Crippen LogP) is 2.80. The molecule has 0 aliphatic rings. The largest absolute Gasteiger partial charge is 0.495 e. The second-order valence-corrected chi connectivity index (χ2v) is 5.15. The minimum atomic E-state index is -0.458. The molecule has 2 aromatic carbocycles. The van der Waals surface area contributed by atoms with Crippen LogP contribution in [0.25, 0.3) is 10.9 Å². The minimum Gasteiger partial charge on any atom is -0.495 e. The fourth-order valence-corrected chi connectivity index (χ4v) is 2.54. The lowest BCUT2D eigenvalue weighted by molar-refractivity contribution is 0.102. The number of methoxy groups -OCH3 is 1. The Hall–Kier alpha value is -3.08. The van der Waals surface area contributed by atoms with E-state index in [1.807, 2.05) is 25.2 Å². The van der Waals surface area contributed by atoms with Gasteiger partial charge in [0.25, 0.3) is 5.91 Å². The molecule has 0 aliphatic carbocycles. The van der Waals surface area contributed by atoms with Gasteiger partial charge >= 0.3 is 0 Å². The molecule has 1 amide bonds. The van der Waals surface area contributed by atoms with E-state index in [0.29, 0.717) is 16.8 Å². The molecule has 1 aromatic heterocycles. The van der Waals surface area contributed by atoms with Crippen molar-refractivity contribution in [2.45, 2.75) is 0 Å². The molecule has 0 atom stereocenters. The van der Waals surface area contributed by atoms with Gasteiger partial charge in [-0.2, -0.15) is 0 Å². The molecule has 1 N–H and O–H groups in total. The Kier molecular flexibility index (Phi) is 3.85. The zero-order valence-electron chi connectivity index (χ0n) is 12.9. The van der Waals surface area contributed by atoms with Crippen LogP contribution in [0.4, 0.5) is 5.69 Å². The Bertz CT molecular complexity index is 944. The first-order chi connectivity index (χ1) is 11.1. The highest BCUT2D eigenvalue weighted by Crippen LogP contribution is 2.23. The van der Waals surface area contributed by atoms with Gasteiger partial charge in [0.2, 0.25) is 5.43 Å². The number of carbonyl (C=O) groups is 1. The quantitative estimate of drug-likeness (QED) is 0.809. The Morgan fingerprint density at radius 2 is 1.78 bits per heavy atom. The molecule has 116 valence electrons. The van der Waals surface area contributed by atoms with Crippen molar-refractivity contribution in [1.82, 2.24) is 4.57 Å². The van der Waals surface area contributed by atoms with Gasteiger partial charge in [-0.1, -0.05) is 24.3 Å². The van der Waals surface area contributed by atoms with Crippen molar-refractivity contribution >= 4 is 22.5 Å². The summed E-state index contributed by atoms with van der Waals surface area (Å²) in [6.45, 7) is 0. The van der Waals surface area contributed by atoms with Crippen LogP contribution in [0.15, 0.2) is 59.5 Å². The van der Waals surface area contributed by atoms with Gasteiger partial charge < -0.3 is 14.6 Å². The van der Waals surface area contributed by atoms with E-state index in [1.54, 1.807) is 41.1 Å². The number of ether oxygens (including phenoxy) is 1. The average molecular weight is 308 g/mol. The van der Waals surface area contributed by atoms with Crippen molar-refractivity contribution in [3.8, 4) is 5.75 Å². The molecule has 1 heterocycles. The summed E-state index contributed by atoms with van der Waals surface area (Å²) in [5.74, 6) is 0.0827. The molecule has 0 saturated heterocycles. The van der Waals surface area contributed by atoms with Crippen molar-refractivity contribution in [3.05, 3.63) is 70.5 Å². The average Bonchev–Trinajstić information content (AvgIpc) is 2.58. The summed E-state index contributed by atoms with van der Waals surface area (Å²) in [7, 11) is 3.34. The van der Waals surface area contributed by atoms with Crippen LogP contribution in [0, 0.1) is 0 Å². The number of nitrogens with zero attached hydrogens (tertiary/aromatic N) is 1. The predicted molar refractivity (Wildman–Crippen MR) is 90.1 cm³/mol. The van der Waals surface area contributed by atoms with E-state index in [2.05, 4.69) is 5.32 Å². The zero-order chi connectivity index (χ0) is 16.4. The monoisotopic (exact) mass is 308 g/mol. The second kappa shape index (κ2) is 5.96. The first-order valence-corrected chi connectivity index (χ1v) is 7.14. The molecule has 0 radical (unpaired) electrons. The van der Waals surface area contributed by atoms with Crippen LogP contribution >= 0.6 is 0 Å². The van der Waals surface area contributed by atoms with Crippen LogP contribution in [-0.2, 0) is 7.05 Å². The van der Waals surface area contributed by atoms with Gasteiger partial charge in [0, 0.05) is 18.6 Å². The number of fused-ring (bicyclic) bond motifs is 1. The molecule has 0 saturated carbocycles. The van der Waals surface area contributed by atoms with Crippen molar-refractivity contribution in [2.24, 2.45) is 7.05 Å². The highest BCUT2D eigenvalue weighted by molar-refractivity contribution is 6.06. The molecule has 23 heavy (non-hydrogen) atoms. The molecule has 3 rings (SSSR count). The number of rotatable bonds is 3. The van der Waals surface area contributed by atoms with E-state index in [4.69, 9.17) is 4.74 Å². The van der Waals surface area contributed by atoms with E-state index >= 15 is 0 Å². The van der Waals surface area contributed by atoms with E-state index in [0.717, 1.165) is 5.52 Å². The molecule has 0 aliphatic heterocycles.